The van der Waals surface area contributed by atoms with E-state index in [1.807, 2.05) is 18.2 Å². The molecular formula is C16H16O2. The van der Waals surface area contributed by atoms with Crippen molar-refractivity contribution in [3.05, 3.63) is 60.2 Å². The van der Waals surface area contributed by atoms with E-state index in [4.69, 9.17) is 4.74 Å². The van der Waals surface area contributed by atoms with Gasteiger partial charge in [-0.05, 0) is 28.3 Å². The van der Waals surface area contributed by atoms with Gasteiger partial charge in [-0.25, -0.2) is 4.79 Å². The standard InChI is InChI=1S/C16H16O2/c1-3-12-9-10-13(11-18-16(17)4-2)15-8-6-5-7-14(12)15/h4-10H,2-3,11H2,1H3. The van der Waals surface area contributed by atoms with E-state index in [1.165, 1.54) is 17.0 Å². The molecule has 0 aliphatic carbocycles. The van der Waals surface area contributed by atoms with Crippen LogP contribution in [0.3, 0.4) is 0 Å². The van der Waals surface area contributed by atoms with Gasteiger partial charge in [0.15, 0.2) is 0 Å². The Morgan fingerprint density at radius 2 is 1.78 bits per heavy atom. The fourth-order valence-corrected chi connectivity index (χ4v) is 2.07. The second-order valence-corrected chi connectivity index (χ2v) is 4.09. The summed E-state index contributed by atoms with van der Waals surface area (Å²) in [7, 11) is 0. The Bertz CT molecular complexity index is 585. The number of esters is 1. The molecule has 2 nitrogen and oxygen atoms in total. The predicted octanol–water partition coefficient (Wildman–Crippen LogP) is 3.63. The predicted molar refractivity (Wildman–Crippen MR) is 73.3 cm³/mol. The van der Waals surface area contributed by atoms with E-state index < -0.39 is 5.97 Å². The lowest BCUT2D eigenvalue weighted by Crippen LogP contribution is -2.01. The summed E-state index contributed by atoms with van der Waals surface area (Å²) in [6.07, 6.45) is 2.18. The van der Waals surface area contributed by atoms with E-state index in [9.17, 15) is 4.79 Å². The van der Waals surface area contributed by atoms with Gasteiger partial charge in [-0.2, -0.15) is 0 Å². The average molecular weight is 240 g/mol. The normalized spacial score (nSPS) is 10.3. The van der Waals surface area contributed by atoms with Crippen molar-refractivity contribution in [3.63, 3.8) is 0 Å². The van der Waals surface area contributed by atoms with Crippen molar-refractivity contribution in [1.82, 2.24) is 0 Å². The fourth-order valence-electron chi connectivity index (χ4n) is 2.07. The van der Waals surface area contributed by atoms with Crippen molar-refractivity contribution in [2.24, 2.45) is 0 Å². The van der Waals surface area contributed by atoms with Crippen LogP contribution in [0.2, 0.25) is 0 Å². The molecule has 2 aromatic rings. The highest BCUT2D eigenvalue weighted by atomic mass is 16.5. The number of hydrogen-bond acceptors (Lipinski definition) is 2. The first-order chi connectivity index (χ1) is 8.76. The summed E-state index contributed by atoms with van der Waals surface area (Å²) in [6.45, 7) is 5.81. The van der Waals surface area contributed by atoms with E-state index in [0.717, 1.165) is 17.4 Å². The van der Waals surface area contributed by atoms with Crippen LogP contribution in [0.1, 0.15) is 18.1 Å². The monoisotopic (exact) mass is 240 g/mol. The summed E-state index contributed by atoms with van der Waals surface area (Å²) >= 11 is 0. The lowest BCUT2D eigenvalue weighted by molar-refractivity contribution is -0.138. The number of ether oxygens (including phenoxy) is 1. The van der Waals surface area contributed by atoms with Gasteiger partial charge in [-0.1, -0.05) is 49.9 Å². The van der Waals surface area contributed by atoms with Crippen LogP contribution in [0.15, 0.2) is 49.1 Å². The van der Waals surface area contributed by atoms with Gasteiger partial charge >= 0.3 is 5.97 Å². The van der Waals surface area contributed by atoms with Crippen LogP contribution in [-0.4, -0.2) is 5.97 Å². The van der Waals surface area contributed by atoms with Gasteiger partial charge < -0.3 is 4.74 Å². The molecule has 0 spiro atoms. The van der Waals surface area contributed by atoms with E-state index in [-0.39, 0.29) is 6.61 Å². The van der Waals surface area contributed by atoms with Crippen molar-refractivity contribution >= 4 is 16.7 Å². The number of fused-ring (bicyclic) bond motifs is 1. The molecule has 0 fully saturated rings. The minimum absolute atomic E-state index is 0.287. The first-order valence-electron chi connectivity index (χ1n) is 6.05. The zero-order valence-corrected chi connectivity index (χ0v) is 10.5. The number of carbonyl (C=O) groups excluding carboxylic acids is 1. The molecule has 2 rings (SSSR count). The van der Waals surface area contributed by atoms with Gasteiger partial charge in [0, 0.05) is 6.08 Å². The van der Waals surface area contributed by atoms with Crippen LogP contribution in [0, 0.1) is 0 Å². The molecule has 2 aromatic carbocycles. The third kappa shape index (κ3) is 2.43. The van der Waals surface area contributed by atoms with E-state index in [2.05, 4.69) is 31.7 Å². The maximum atomic E-state index is 11.1. The van der Waals surface area contributed by atoms with Crippen LogP contribution < -0.4 is 0 Å². The second kappa shape index (κ2) is 5.50. The van der Waals surface area contributed by atoms with Gasteiger partial charge in [0.05, 0.1) is 0 Å². The minimum atomic E-state index is -0.390. The maximum Gasteiger partial charge on any atom is 0.330 e. The Morgan fingerprint density at radius 3 is 2.39 bits per heavy atom. The minimum Gasteiger partial charge on any atom is -0.458 e. The molecule has 0 saturated carbocycles. The molecule has 0 atom stereocenters. The molecule has 0 amide bonds. The largest absolute Gasteiger partial charge is 0.458 e. The molecule has 0 aliphatic rings. The van der Waals surface area contributed by atoms with Crippen molar-refractivity contribution in [2.45, 2.75) is 20.0 Å². The Hall–Kier alpha value is -2.09. The summed E-state index contributed by atoms with van der Waals surface area (Å²) in [4.78, 5) is 11.1. The molecule has 0 N–H and O–H groups in total. The number of rotatable bonds is 4. The fraction of sp³-hybridized carbons (Fsp3) is 0.188. The van der Waals surface area contributed by atoms with Crippen LogP contribution >= 0.6 is 0 Å². The van der Waals surface area contributed by atoms with Crippen LogP contribution in [-0.2, 0) is 22.6 Å². The Morgan fingerprint density at radius 1 is 1.17 bits per heavy atom. The van der Waals surface area contributed by atoms with Gasteiger partial charge in [-0.3, -0.25) is 0 Å². The van der Waals surface area contributed by atoms with Crippen molar-refractivity contribution in [3.8, 4) is 0 Å². The zero-order valence-electron chi connectivity index (χ0n) is 10.5. The van der Waals surface area contributed by atoms with Crippen LogP contribution in [0.5, 0.6) is 0 Å². The molecule has 0 unspecified atom stereocenters. The molecule has 18 heavy (non-hydrogen) atoms. The number of benzene rings is 2. The summed E-state index contributed by atoms with van der Waals surface area (Å²) in [5.74, 6) is -0.390. The SMILES string of the molecule is C=CC(=O)OCc1ccc(CC)c2ccccc12. The van der Waals surface area contributed by atoms with E-state index in [1.54, 1.807) is 0 Å². The first-order valence-corrected chi connectivity index (χ1v) is 6.05. The molecule has 0 aromatic heterocycles. The quantitative estimate of drug-likeness (QED) is 0.602. The van der Waals surface area contributed by atoms with E-state index in [0.29, 0.717) is 0 Å². The van der Waals surface area contributed by atoms with Crippen LogP contribution in [0.25, 0.3) is 10.8 Å². The molecule has 0 bridgehead atoms. The Balaban J connectivity index is 2.40. The van der Waals surface area contributed by atoms with Gasteiger partial charge in [-0.15, -0.1) is 0 Å². The molecule has 0 saturated heterocycles. The molecular weight excluding hydrogens is 224 g/mol. The number of aryl methyl sites for hydroxylation is 1. The average Bonchev–Trinajstić information content (AvgIpc) is 2.44. The maximum absolute atomic E-state index is 11.1. The van der Waals surface area contributed by atoms with Crippen molar-refractivity contribution < 1.29 is 9.53 Å². The smallest absolute Gasteiger partial charge is 0.330 e. The molecule has 0 radical (unpaired) electrons. The summed E-state index contributed by atoms with van der Waals surface area (Å²) in [5, 5.41) is 2.38. The van der Waals surface area contributed by atoms with Gasteiger partial charge in [0.25, 0.3) is 0 Å². The zero-order chi connectivity index (χ0) is 13.0. The third-order valence-corrected chi connectivity index (χ3v) is 3.02. The van der Waals surface area contributed by atoms with Crippen molar-refractivity contribution in [1.29, 1.82) is 0 Å². The summed E-state index contributed by atoms with van der Waals surface area (Å²) < 4.78 is 5.10. The molecule has 2 heteroatoms. The highest BCUT2D eigenvalue weighted by Crippen LogP contribution is 2.23. The van der Waals surface area contributed by atoms with Crippen LogP contribution in [0.4, 0.5) is 0 Å². The highest BCUT2D eigenvalue weighted by molar-refractivity contribution is 5.89. The van der Waals surface area contributed by atoms with Crippen molar-refractivity contribution in [2.75, 3.05) is 0 Å². The lowest BCUT2D eigenvalue weighted by Gasteiger charge is -2.10. The molecule has 0 heterocycles. The van der Waals surface area contributed by atoms with Gasteiger partial charge in [0.1, 0.15) is 6.61 Å². The second-order valence-electron chi connectivity index (χ2n) is 4.09. The topological polar surface area (TPSA) is 26.3 Å². The van der Waals surface area contributed by atoms with E-state index >= 15 is 0 Å². The Labute approximate surface area is 107 Å². The third-order valence-electron chi connectivity index (χ3n) is 3.02. The molecule has 0 aliphatic heterocycles. The van der Waals surface area contributed by atoms with Gasteiger partial charge in [0.2, 0.25) is 0 Å². The first kappa shape index (κ1) is 12.4. The highest BCUT2D eigenvalue weighted by Gasteiger charge is 2.06. The molecule has 92 valence electrons. The number of carbonyl (C=O) groups is 1. The Kier molecular flexibility index (Phi) is 3.78. The summed E-state index contributed by atoms with van der Waals surface area (Å²) in [6, 6.07) is 12.3. The summed E-state index contributed by atoms with van der Waals surface area (Å²) in [5.41, 5.74) is 2.34. The number of hydrogen-bond donors (Lipinski definition) is 0. The lowest BCUT2D eigenvalue weighted by atomic mass is 9.98.